The van der Waals surface area contributed by atoms with Gasteiger partial charge in [0.25, 0.3) is 0 Å². The number of fused-ring (bicyclic) bond motifs is 2. The molecule has 5 rings (SSSR count). The quantitative estimate of drug-likeness (QED) is 0.491. The first-order chi connectivity index (χ1) is 14.5. The van der Waals surface area contributed by atoms with E-state index in [9.17, 15) is 13.6 Å². The second kappa shape index (κ2) is 6.94. The number of pyridine rings is 1. The van der Waals surface area contributed by atoms with Gasteiger partial charge in [0.05, 0.1) is 29.9 Å². The fourth-order valence-electron chi connectivity index (χ4n) is 3.50. The average molecular weight is 432 g/mol. The normalized spacial score (nSPS) is 18.1. The molecule has 154 valence electrons. The van der Waals surface area contributed by atoms with Gasteiger partial charge in [-0.05, 0) is 25.5 Å². The number of alkyl halides is 1. The van der Waals surface area contributed by atoms with Crippen LogP contribution in [0.5, 0.6) is 5.75 Å². The fourth-order valence-corrected chi connectivity index (χ4v) is 3.80. The smallest absolute Gasteiger partial charge is 0.231 e. The molecule has 1 amide bonds. The van der Waals surface area contributed by atoms with Crippen molar-refractivity contribution < 1.29 is 18.3 Å². The summed E-state index contributed by atoms with van der Waals surface area (Å²) in [5, 5.41) is 9.93. The van der Waals surface area contributed by atoms with Crippen LogP contribution in [0.15, 0.2) is 30.7 Å². The Morgan fingerprint density at radius 1 is 1.43 bits per heavy atom. The van der Waals surface area contributed by atoms with Gasteiger partial charge in [-0.15, -0.1) is 0 Å². The monoisotopic (exact) mass is 431 g/mol. The molecule has 10 heteroatoms. The van der Waals surface area contributed by atoms with Gasteiger partial charge in [-0.2, -0.15) is 5.10 Å². The van der Waals surface area contributed by atoms with Crippen LogP contribution in [-0.4, -0.2) is 38.3 Å². The molecule has 30 heavy (non-hydrogen) atoms. The maximum absolute atomic E-state index is 14.9. The van der Waals surface area contributed by atoms with Gasteiger partial charge in [0, 0.05) is 22.7 Å². The summed E-state index contributed by atoms with van der Waals surface area (Å²) in [7, 11) is 0. The van der Waals surface area contributed by atoms with Crippen molar-refractivity contribution >= 4 is 39.9 Å². The molecule has 2 atom stereocenters. The zero-order valence-corrected chi connectivity index (χ0v) is 16.5. The Kier molecular flexibility index (Phi) is 4.35. The van der Waals surface area contributed by atoms with Gasteiger partial charge in [0.1, 0.15) is 17.3 Å². The van der Waals surface area contributed by atoms with Crippen LogP contribution in [0.4, 0.5) is 14.6 Å². The number of imidazole rings is 1. The Labute approximate surface area is 174 Å². The summed E-state index contributed by atoms with van der Waals surface area (Å²) >= 11 is 6.37. The number of rotatable bonds is 5. The van der Waals surface area contributed by atoms with E-state index in [0.717, 1.165) is 0 Å². The van der Waals surface area contributed by atoms with E-state index in [1.54, 1.807) is 42.0 Å². The van der Waals surface area contributed by atoms with Gasteiger partial charge < -0.3 is 14.5 Å². The number of H-pyrrole nitrogens is 1. The zero-order chi connectivity index (χ0) is 21.0. The number of carbonyl (C=O) groups excluding carboxylic acids is 1. The third-order valence-electron chi connectivity index (χ3n) is 5.08. The molecule has 1 aliphatic carbocycles. The number of nitrogens with zero attached hydrogens (tertiary/aromatic N) is 3. The van der Waals surface area contributed by atoms with Crippen LogP contribution in [-0.2, 0) is 4.79 Å². The van der Waals surface area contributed by atoms with Crippen molar-refractivity contribution in [3.05, 3.63) is 41.6 Å². The third kappa shape index (κ3) is 2.97. The molecule has 0 radical (unpaired) electrons. The van der Waals surface area contributed by atoms with Crippen molar-refractivity contribution in [2.45, 2.75) is 19.5 Å². The second-order valence-corrected chi connectivity index (χ2v) is 7.46. The second-order valence-electron chi connectivity index (χ2n) is 7.08. The molecule has 1 aliphatic rings. The summed E-state index contributed by atoms with van der Waals surface area (Å²) < 4.78 is 35.1. The Hall–Kier alpha value is -3.20. The van der Waals surface area contributed by atoms with Crippen molar-refractivity contribution in [1.29, 1.82) is 0 Å². The number of halogens is 3. The molecule has 2 N–H and O–H groups in total. The molecule has 1 fully saturated rings. The number of anilines is 1. The largest absolute Gasteiger partial charge is 0.489 e. The lowest BCUT2D eigenvalue weighted by Crippen LogP contribution is -2.15. The van der Waals surface area contributed by atoms with Crippen molar-refractivity contribution in [3.63, 3.8) is 0 Å². The van der Waals surface area contributed by atoms with Gasteiger partial charge in [-0.1, -0.05) is 11.6 Å². The average Bonchev–Trinajstić information content (AvgIpc) is 3.11. The molecule has 0 bridgehead atoms. The summed E-state index contributed by atoms with van der Waals surface area (Å²) in [6.07, 6.45) is 4.05. The van der Waals surface area contributed by atoms with Crippen molar-refractivity contribution in [2.75, 3.05) is 11.9 Å². The lowest BCUT2D eigenvalue weighted by molar-refractivity contribution is -0.117. The minimum atomic E-state index is -1.08. The summed E-state index contributed by atoms with van der Waals surface area (Å²) in [5.41, 5.74) is 2.06. The minimum Gasteiger partial charge on any atom is -0.489 e. The van der Waals surface area contributed by atoms with Crippen molar-refractivity contribution in [3.8, 4) is 16.9 Å². The number of aromatic nitrogens is 4. The van der Waals surface area contributed by atoms with E-state index in [1.165, 1.54) is 0 Å². The topological polar surface area (TPSA) is 84.3 Å². The number of benzene rings is 1. The lowest BCUT2D eigenvalue weighted by Gasteiger charge is -2.12. The van der Waals surface area contributed by atoms with Crippen LogP contribution < -0.4 is 10.1 Å². The predicted octanol–water partition coefficient (Wildman–Crippen LogP) is 4.37. The maximum atomic E-state index is 14.9. The molecule has 1 aromatic carbocycles. The molecule has 7 nitrogen and oxygen atoms in total. The zero-order valence-electron chi connectivity index (χ0n) is 15.7. The first-order valence-corrected chi connectivity index (χ1v) is 9.76. The van der Waals surface area contributed by atoms with Gasteiger partial charge in [0.2, 0.25) is 5.91 Å². The van der Waals surface area contributed by atoms with Crippen LogP contribution in [0.1, 0.15) is 13.3 Å². The Morgan fingerprint density at radius 2 is 2.23 bits per heavy atom. The van der Waals surface area contributed by atoms with E-state index in [2.05, 4.69) is 20.5 Å². The molecule has 0 spiro atoms. The third-order valence-corrected chi connectivity index (χ3v) is 5.43. The highest BCUT2D eigenvalue weighted by atomic mass is 35.5. The molecule has 3 aromatic heterocycles. The maximum Gasteiger partial charge on any atom is 0.231 e. The molecule has 3 heterocycles. The minimum absolute atomic E-state index is 0.0266. The first-order valence-electron chi connectivity index (χ1n) is 9.38. The van der Waals surface area contributed by atoms with Gasteiger partial charge >= 0.3 is 0 Å². The van der Waals surface area contributed by atoms with E-state index < -0.39 is 17.9 Å². The number of hydrogen-bond donors (Lipinski definition) is 2. The van der Waals surface area contributed by atoms with Crippen molar-refractivity contribution in [1.82, 2.24) is 19.6 Å². The van der Waals surface area contributed by atoms with E-state index in [4.69, 9.17) is 16.3 Å². The lowest BCUT2D eigenvalue weighted by atomic mass is 10.0. The molecule has 0 aliphatic heterocycles. The number of nitrogens with one attached hydrogen (secondary N) is 2. The summed E-state index contributed by atoms with van der Waals surface area (Å²) in [6.45, 7) is 2.03. The number of carbonyl (C=O) groups is 1. The van der Waals surface area contributed by atoms with Crippen LogP contribution in [0.3, 0.4) is 0 Å². The highest BCUT2D eigenvalue weighted by molar-refractivity contribution is 6.35. The Morgan fingerprint density at radius 3 is 2.97 bits per heavy atom. The molecule has 0 saturated heterocycles. The molecule has 2 unspecified atom stereocenters. The predicted molar refractivity (Wildman–Crippen MR) is 108 cm³/mol. The molecular weight excluding hydrogens is 416 g/mol. The van der Waals surface area contributed by atoms with E-state index in [-0.39, 0.29) is 29.7 Å². The van der Waals surface area contributed by atoms with E-state index in [0.29, 0.717) is 33.5 Å². The Balaban J connectivity index is 1.57. The van der Waals surface area contributed by atoms with Gasteiger partial charge in [-0.3, -0.25) is 9.89 Å². The fraction of sp³-hybridized carbons (Fsp3) is 0.250. The SMILES string of the molecule is CCOc1c(F)c(Cl)c(-c2ccc3nc(NC(=O)C4CC4F)cn3c2)c2cn[nH]c12. The Bertz CT molecular complexity index is 1300. The van der Waals surface area contributed by atoms with Gasteiger partial charge in [0.15, 0.2) is 17.4 Å². The molecule has 1 saturated carbocycles. The van der Waals surface area contributed by atoms with Crippen LogP contribution >= 0.6 is 11.6 Å². The van der Waals surface area contributed by atoms with E-state index in [1.807, 2.05) is 0 Å². The van der Waals surface area contributed by atoms with Crippen molar-refractivity contribution in [2.24, 2.45) is 5.92 Å². The summed E-state index contributed by atoms with van der Waals surface area (Å²) in [4.78, 5) is 16.3. The van der Waals surface area contributed by atoms with Crippen LogP contribution in [0, 0.1) is 11.7 Å². The van der Waals surface area contributed by atoms with Crippen LogP contribution in [0.2, 0.25) is 5.02 Å². The number of amides is 1. The van der Waals surface area contributed by atoms with Gasteiger partial charge in [-0.25, -0.2) is 13.8 Å². The number of ether oxygens (including phenoxy) is 1. The number of aromatic amines is 1. The summed E-state index contributed by atoms with van der Waals surface area (Å²) in [6, 6.07) is 3.47. The molecular formula is C20H16ClF2N5O2. The molecule has 4 aromatic rings. The highest BCUT2D eigenvalue weighted by Crippen LogP contribution is 2.42. The standard InChI is InChI=1S/C20H16ClF2N5O2/c1-2-30-19-17(23)16(21)15(11-6-24-27-18(11)19)9-3-4-14-25-13(8-28(14)7-9)26-20(29)10-5-12(10)22/h3-4,6-8,10,12H,2,5H2,1H3,(H,24,27)(H,26,29). The van der Waals surface area contributed by atoms with E-state index >= 15 is 0 Å². The highest BCUT2D eigenvalue weighted by Gasteiger charge is 2.43. The first kappa shape index (κ1) is 18.8. The summed E-state index contributed by atoms with van der Waals surface area (Å²) in [5.74, 6) is -1.32. The van der Waals surface area contributed by atoms with Crippen LogP contribution in [0.25, 0.3) is 27.7 Å². The number of hydrogen-bond acceptors (Lipinski definition) is 4.